The Morgan fingerprint density at radius 1 is 1.21 bits per heavy atom. The lowest BCUT2D eigenvalue weighted by Crippen LogP contribution is -2.35. The fraction of sp³-hybridized carbons (Fsp3) is 0.500. The molecule has 2 heteroatoms. The fourth-order valence-corrected chi connectivity index (χ4v) is 1.27. The zero-order chi connectivity index (χ0) is 10.7. The molecular formula is C12H20N2. The van der Waals surface area contributed by atoms with Gasteiger partial charge < -0.3 is 11.1 Å². The van der Waals surface area contributed by atoms with Crippen molar-refractivity contribution in [3.63, 3.8) is 0 Å². The molecule has 2 atom stereocenters. The Kier molecular flexibility index (Phi) is 3.53. The quantitative estimate of drug-likeness (QED) is 0.772. The lowest BCUT2D eigenvalue weighted by Gasteiger charge is -2.20. The number of aryl methyl sites for hydroxylation is 2. The van der Waals surface area contributed by atoms with Crippen LogP contribution in [-0.2, 0) is 0 Å². The number of rotatable bonds is 3. The smallest absolute Gasteiger partial charge is 0.0381 e. The van der Waals surface area contributed by atoms with Crippen LogP contribution in [0.1, 0.15) is 25.0 Å². The molecule has 14 heavy (non-hydrogen) atoms. The third-order valence-electron chi connectivity index (χ3n) is 2.56. The molecule has 0 amide bonds. The number of hydrogen-bond acceptors (Lipinski definition) is 2. The van der Waals surface area contributed by atoms with Gasteiger partial charge in [-0.25, -0.2) is 0 Å². The lowest BCUT2D eigenvalue weighted by atomic mass is 10.1. The van der Waals surface area contributed by atoms with Crippen LogP contribution in [0.15, 0.2) is 18.2 Å². The third-order valence-corrected chi connectivity index (χ3v) is 2.56. The van der Waals surface area contributed by atoms with Crippen LogP contribution >= 0.6 is 0 Å². The average molecular weight is 192 g/mol. The molecule has 1 aromatic rings. The first-order valence-corrected chi connectivity index (χ1v) is 5.10. The maximum atomic E-state index is 5.81. The molecule has 0 bridgehead atoms. The van der Waals surface area contributed by atoms with E-state index in [0.29, 0.717) is 6.04 Å². The van der Waals surface area contributed by atoms with E-state index >= 15 is 0 Å². The van der Waals surface area contributed by atoms with Gasteiger partial charge in [-0.15, -0.1) is 0 Å². The summed E-state index contributed by atoms with van der Waals surface area (Å²) in [6, 6.07) is 6.88. The normalized spacial score (nSPS) is 14.9. The highest BCUT2D eigenvalue weighted by Crippen LogP contribution is 2.17. The topological polar surface area (TPSA) is 38.0 Å². The van der Waals surface area contributed by atoms with E-state index in [1.165, 1.54) is 16.8 Å². The van der Waals surface area contributed by atoms with Crippen LogP contribution in [0.3, 0.4) is 0 Å². The maximum Gasteiger partial charge on any atom is 0.0381 e. The molecule has 2 unspecified atom stereocenters. The van der Waals surface area contributed by atoms with E-state index in [-0.39, 0.29) is 6.04 Å². The maximum absolute atomic E-state index is 5.81. The monoisotopic (exact) mass is 192 g/mol. The molecule has 2 nitrogen and oxygen atoms in total. The van der Waals surface area contributed by atoms with E-state index in [1.807, 2.05) is 6.92 Å². The van der Waals surface area contributed by atoms with Gasteiger partial charge in [0, 0.05) is 17.8 Å². The fourth-order valence-electron chi connectivity index (χ4n) is 1.27. The molecule has 0 aliphatic rings. The Morgan fingerprint density at radius 2 is 1.86 bits per heavy atom. The van der Waals surface area contributed by atoms with Crippen molar-refractivity contribution in [3.8, 4) is 0 Å². The van der Waals surface area contributed by atoms with Crippen molar-refractivity contribution in [1.29, 1.82) is 0 Å². The highest BCUT2D eigenvalue weighted by molar-refractivity contribution is 5.53. The largest absolute Gasteiger partial charge is 0.381 e. The Morgan fingerprint density at radius 3 is 2.43 bits per heavy atom. The SMILES string of the molecule is Cc1ccc(C)c(NC(C)C(C)N)c1. The van der Waals surface area contributed by atoms with E-state index in [0.717, 1.165) is 0 Å². The number of hydrogen-bond donors (Lipinski definition) is 2. The predicted octanol–water partition coefficient (Wildman–Crippen LogP) is 2.45. The van der Waals surface area contributed by atoms with Gasteiger partial charge in [0.15, 0.2) is 0 Å². The van der Waals surface area contributed by atoms with Gasteiger partial charge in [0.05, 0.1) is 0 Å². The third kappa shape index (κ3) is 2.74. The summed E-state index contributed by atoms with van der Waals surface area (Å²) in [6.45, 7) is 8.33. The molecule has 3 N–H and O–H groups in total. The zero-order valence-electron chi connectivity index (χ0n) is 9.46. The molecule has 1 rings (SSSR count). The van der Waals surface area contributed by atoms with Crippen molar-refractivity contribution in [1.82, 2.24) is 0 Å². The Balaban J connectivity index is 2.80. The summed E-state index contributed by atoms with van der Waals surface area (Å²) < 4.78 is 0. The molecule has 0 aliphatic carbocycles. The molecule has 0 fully saturated rings. The molecule has 0 aromatic heterocycles. The standard InChI is InChI=1S/C12H20N2/c1-8-5-6-9(2)12(7-8)14-11(4)10(3)13/h5-7,10-11,14H,13H2,1-4H3. The van der Waals surface area contributed by atoms with E-state index in [1.54, 1.807) is 0 Å². The van der Waals surface area contributed by atoms with Crippen molar-refractivity contribution < 1.29 is 0 Å². The van der Waals surface area contributed by atoms with Gasteiger partial charge in [-0.2, -0.15) is 0 Å². The minimum absolute atomic E-state index is 0.162. The van der Waals surface area contributed by atoms with Gasteiger partial charge in [-0.1, -0.05) is 12.1 Å². The van der Waals surface area contributed by atoms with Crippen molar-refractivity contribution >= 4 is 5.69 Å². The average Bonchev–Trinajstić information content (AvgIpc) is 2.11. The molecule has 0 heterocycles. The molecular weight excluding hydrogens is 172 g/mol. The molecule has 0 aliphatic heterocycles. The van der Waals surface area contributed by atoms with Crippen LogP contribution in [0.25, 0.3) is 0 Å². The van der Waals surface area contributed by atoms with Gasteiger partial charge in [0.2, 0.25) is 0 Å². The minimum Gasteiger partial charge on any atom is -0.381 e. The lowest BCUT2D eigenvalue weighted by molar-refractivity contribution is 0.638. The number of nitrogens with two attached hydrogens (primary N) is 1. The second kappa shape index (κ2) is 4.47. The summed E-state index contributed by atoms with van der Waals surface area (Å²) in [5.41, 5.74) is 9.54. The van der Waals surface area contributed by atoms with Gasteiger partial charge in [-0.3, -0.25) is 0 Å². The summed E-state index contributed by atoms with van der Waals surface area (Å²) in [7, 11) is 0. The summed E-state index contributed by atoms with van der Waals surface area (Å²) in [6.07, 6.45) is 0. The van der Waals surface area contributed by atoms with Crippen molar-refractivity contribution in [2.75, 3.05) is 5.32 Å². The highest BCUT2D eigenvalue weighted by Gasteiger charge is 2.07. The second-order valence-electron chi connectivity index (χ2n) is 4.11. The van der Waals surface area contributed by atoms with Crippen LogP contribution in [0, 0.1) is 13.8 Å². The Hall–Kier alpha value is -1.02. The molecule has 0 saturated carbocycles. The molecule has 78 valence electrons. The number of benzene rings is 1. The summed E-state index contributed by atoms with van der Waals surface area (Å²) >= 11 is 0. The molecule has 0 saturated heterocycles. The summed E-state index contributed by atoms with van der Waals surface area (Å²) in [4.78, 5) is 0. The van der Waals surface area contributed by atoms with Gasteiger partial charge in [0.25, 0.3) is 0 Å². The predicted molar refractivity (Wildman–Crippen MR) is 62.7 cm³/mol. The molecule has 0 radical (unpaired) electrons. The first-order valence-electron chi connectivity index (χ1n) is 5.10. The second-order valence-corrected chi connectivity index (χ2v) is 4.11. The molecule has 0 spiro atoms. The van der Waals surface area contributed by atoms with Crippen molar-refractivity contribution in [2.24, 2.45) is 5.73 Å². The van der Waals surface area contributed by atoms with Crippen molar-refractivity contribution in [3.05, 3.63) is 29.3 Å². The van der Waals surface area contributed by atoms with Gasteiger partial charge in [-0.05, 0) is 44.9 Å². The minimum atomic E-state index is 0.162. The molecule has 1 aromatic carbocycles. The van der Waals surface area contributed by atoms with E-state index in [2.05, 4.69) is 44.3 Å². The van der Waals surface area contributed by atoms with Gasteiger partial charge in [0.1, 0.15) is 0 Å². The van der Waals surface area contributed by atoms with Crippen LogP contribution < -0.4 is 11.1 Å². The van der Waals surface area contributed by atoms with Crippen LogP contribution in [0.5, 0.6) is 0 Å². The Bertz CT molecular complexity index is 305. The van der Waals surface area contributed by atoms with Crippen LogP contribution in [-0.4, -0.2) is 12.1 Å². The van der Waals surface area contributed by atoms with Crippen LogP contribution in [0.4, 0.5) is 5.69 Å². The number of anilines is 1. The van der Waals surface area contributed by atoms with Crippen molar-refractivity contribution in [2.45, 2.75) is 39.8 Å². The first kappa shape index (κ1) is 11.1. The summed E-state index contributed by atoms with van der Waals surface area (Å²) in [5, 5.41) is 3.43. The first-order chi connectivity index (χ1) is 6.50. The van der Waals surface area contributed by atoms with E-state index in [4.69, 9.17) is 5.73 Å². The zero-order valence-corrected chi connectivity index (χ0v) is 9.46. The number of nitrogens with one attached hydrogen (secondary N) is 1. The van der Waals surface area contributed by atoms with Gasteiger partial charge >= 0.3 is 0 Å². The van der Waals surface area contributed by atoms with E-state index in [9.17, 15) is 0 Å². The Labute approximate surface area is 86.5 Å². The highest BCUT2D eigenvalue weighted by atomic mass is 14.9. The summed E-state index contributed by atoms with van der Waals surface area (Å²) in [5.74, 6) is 0. The van der Waals surface area contributed by atoms with E-state index < -0.39 is 0 Å². The van der Waals surface area contributed by atoms with Crippen LogP contribution in [0.2, 0.25) is 0 Å².